The maximum Gasteiger partial charge on any atom is 0.240 e. The molecule has 0 aliphatic heterocycles. The van der Waals surface area contributed by atoms with E-state index in [0.717, 1.165) is 25.1 Å². The molecule has 0 spiro atoms. The molecule has 0 saturated carbocycles. The van der Waals surface area contributed by atoms with Crippen molar-refractivity contribution in [1.29, 1.82) is 0 Å². The largest absolute Gasteiger partial charge is 0.368 e. The van der Waals surface area contributed by atoms with Crippen molar-refractivity contribution in [3.05, 3.63) is 17.2 Å². The number of aryl methyl sites for hydroxylation is 2. The molecule has 1 aliphatic carbocycles. The lowest BCUT2D eigenvalue weighted by Gasteiger charge is -2.20. The number of imidazole rings is 1. The molecular formula is C12H19N3O. The molecule has 16 heavy (non-hydrogen) atoms. The second-order valence-electron chi connectivity index (χ2n) is 4.46. The number of amides is 1. The summed E-state index contributed by atoms with van der Waals surface area (Å²) in [5, 5.41) is 0. The highest BCUT2D eigenvalue weighted by molar-refractivity contribution is 5.78. The van der Waals surface area contributed by atoms with Crippen LogP contribution in [0.15, 0.2) is 0 Å². The van der Waals surface area contributed by atoms with Crippen LogP contribution in [-0.2, 0) is 17.6 Å². The highest BCUT2D eigenvalue weighted by Crippen LogP contribution is 2.26. The molecule has 4 nitrogen and oxygen atoms in total. The average molecular weight is 221 g/mol. The van der Waals surface area contributed by atoms with Crippen LogP contribution in [0.25, 0.3) is 0 Å². The summed E-state index contributed by atoms with van der Waals surface area (Å²) in [7, 11) is 0. The fourth-order valence-corrected chi connectivity index (χ4v) is 2.62. The maximum atomic E-state index is 11.4. The lowest BCUT2D eigenvalue weighted by molar-refractivity contribution is -0.121. The molecule has 4 heteroatoms. The number of nitrogens with two attached hydrogens (primary N) is 1. The average Bonchev–Trinajstić information content (AvgIpc) is 2.57. The van der Waals surface area contributed by atoms with Crippen LogP contribution in [0.2, 0.25) is 0 Å². The lowest BCUT2D eigenvalue weighted by atomic mass is 10.0. The Morgan fingerprint density at radius 3 is 2.81 bits per heavy atom. The van der Waals surface area contributed by atoms with Crippen molar-refractivity contribution in [2.45, 2.75) is 52.0 Å². The van der Waals surface area contributed by atoms with Crippen molar-refractivity contribution in [3.8, 4) is 0 Å². The first-order chi connectivity index (χ1) is 7.65. The van der Waals surface area contributed by atoms with E-state index in [2.05, 4.69) is 9.55 Å². The quantitative estimate of drug-likeness (QED) is 0.841. The molecule has 1 atom stereocenters. The van der Waals surface area contributed by atoms with Crippen molar-refractivity contribution < 1.29 is 4.79 Å². The topological polar surface area (TPSA) is 60.9 Å². The summed E-state index contributed by atoms with van der Waals surface area (Å²) in [5.74, 6) is 0.675. The first-order valence-electron chi connectivity index (χ1n) is 6.01. The Kier molecular flexibility index (Phi) is 2.99. The van der Waals surface area contributed by atoms with Crippen LogP contribution in [-0.4, -0.2) is 15.5 Å². The van der Waals surface area contributed by atoms with Crippen LogP contribution in [0.3, 0.4) is 0 Å². The van der Waals surface area contributed by atoms with Crippen LogP contribution in [0.1, 0.15) is 49.4 Å². The van der Waals surface area contributed by atoms with Gasteiger partial charge in [0, 0.05) is 5.69 Å². The van der Waals surface area contributed by atoms with E-state index in [1.165, 1.54) is 24.2 Å². The molecule has 0 radical (unpaired) electrons. The summed E-state index contributed by atoms with van der Waals surface area (Å²) in [6, 6.07) is -0.227. The van der Waals surface area contributed by atoms with Gasteiger partial charge < -0.3 is 10.3 Å². The molecular weight excluding hydrogens is 202 g/mol. The summed E-state index contributed by atoms with van der Waals surface area (Å²) < 4.78 is 2.05. The molecule has 1 aromatic heterocycles. The van der Waals surface area contributed by atoms with Crippen molar-refractivity contribution in [2.24, 2.45) is 5.73 Å². The Morgan fingerprint density at radius 1 is 1.50 bits per heavy atom. The van der Waals surface area contributed by atoms with Crippen LogP contribution >= 0.6 is 0 Å². The molecule has 1 unspecified atom stereocenters. The molecule has 88 valence electrons. The van der Waals surface area contributed by atoms with Gasteiger partial charge in [0.15, 0.2) is 0 Å². The zero-order valence-electron chi connectivity index (χ0n) is 9.99. The fraction of sp³-hybridized carbons (Fsp3) is 0.667. The smallest absolute Gasteiger partial charge is 0.240 e. The predicted octanol–water partition coefficient (Wildman–Crippen LogP) is 1.51. The number of hydrogen-bond acceptors (Lipinski definition) is 2. The minimum absolute atomic E-state index is 0.227. The molecule has 1 amide bonds. The Bertz CT molecular complexity index is 409. The molecule has 0 aromatic carbocycles. The molecule has 1 heterocycles. The third-order valence-electron chi connectivity index (χ3n) is 3.37. The third kappa shape index (κ3) is 1.72. The number of carbonyl (C=O) groups excluding carboxylic acids is 1. The van der Waals surface area contributed by atoms with Crippen LogP contribution in [0.4, 0.5) is 0 Å². The Balaban J connectivity index is 2.46. The van der Waals surface area contributed by atoms with E-state index < -0.39 is 0 Å². The van der Waals surface area contributed by atoms with Gasteiger partial charge >= 0.3 is 0 Å². The summed E-state index contributed by atoms with van der Waals surface area (Å²) in [6.45, 7) is 3.95. The number of rotatable bonds is 3. The number of fused-ring (bicyclic) bond motifs is 1. The Hall–Kier alpha value is -1.32. The zero-order chi connectivity index (χ0) is 11.7. The number of carbonyl (C=O) groups is 1. The van der Waals surface area contributed by atoms with E-state index in [1.807, 2.05) is 13.8 Å². The van der Waals surface area contributed by atoms with E-state index in [0.29, 0.717) is 0 Å². The van der Waals surface area contributed by atoms with Gasteiger partial charge in [-0.1, -0.05) is 6.92 Å². The minimum Gasteiger partial charge on any atom is -0.368 e. The molecule has 0 bridgehead atoms. The molecule has 2 N–H and O–H groups in total. The van der Waals surface area contributed by atoms with Gasteiger partial charge in [0.05, 0.1) is 5.69 Å². The number of hydrogen-bond donors (Lipinski definition) is 1. The van der Waals surface area contributed by atoms with Gasteiger partial charge in [-0.05, 0) is 39.0 Å². The van der Waals surface area contributed by atoms with Crippen LogP contribution < -0.4 is 5.73 Å². The van der Waals surface area contributed by atoms with Gasteiger partial charge in [0.25, 0.3) is 0 Å². The van der Waals surface area contributed by atoms with E-state index in [-0.39, 0.29) is 11.9 Å². The van der Waals surface area contributed by atoms with E-state index in [1.54, 1.807) is 0 Å². The van der Waals surface area contributed by atoms with Gasteiger partial charge in [-0.3, -0.25) is 4.79 Å². The standard InChI is InChI=1S/C12H19N3O/c1-3-10(12(13)16)15-8(2)14-9-6-4-5-7-11(9)15/h10H,3-7H2,1-2H3,(H2,13,16). The summed E-state index contributed by atoms with van der Waals surface area (Å²) in [5.41, 5.74) is 7.85. The third-order valence-corrected chi connectivity index (χ3v) is 3.37. The maximum absolute atomic E-state index is 11.4. The molecule has 0 saturated heterocycles. The van der Waals surface area contributed by atoms with Crippen molar-refractivity contribution in [3.63, 3.8) is 0 Å². The molecule has 0 fully saturated rings. The molecule has 2 rings (SSSR count). The van der Waals surface area contributed by atoms with Crippen LogP contribution in [0.5, 0.6) is 0 Å². The minimum atomic E-state index is -0.253. The summed E-state index contributed by atoms with van der Waals surface area (Å²) in [6.07, 6.45) is 5.20. The number of aromatic nitrogens is 2. The molecule has 1 aliphatic rings. The summed E-state index contributed by atoms with van der Waals surface area (Å²) >= 11 is 0. The van der Waals surface area contributed by atoms with Gasteiger partial charge in [0.1, 0.15) is 11.9 Å². The SMILES string of the molecule is CCC(C(N)=O)n1c(C)nc2c1CCCC2. The van der Waals surface area contributed by atoms with Gasteiger partial charge in [-0.2, -0.15) is 0 Å². The summed E-state index contributed by atoms with van der Waals surface area (Å²) in [4.78, 5) is 16.0. The fourth-order valence-electron chi connectivity index (χ4n) is 2.62. The van der Waals surface area contributed by atoms with Crippen LogP contribution in [0, 0.1) is 6.92 Å². The van der Waals surface area contributed by atoms with Gasteiger partial charge in [-0.25, -0.2) is 4.98 Å². The Labute approximate surface area is 95.9 Å². The zero-order valence-corrected chi connectivity index (χ0v) is 9.99. The van der Waals surface area contributed by atoms with Gasteiger partial charge in [-0.15, -0.1) is 0 Å². The van der Waals surface area contributed by atoms with E-state index >= 15 is 0 Å². The Morgan fingerprint density at radius 2 is 2.19 bits per heavy atom. The number of primary amides is 1. The van der Waals surface area contributed by atoms with E-state index in [4.69, 9.17) is 5.73 Å². The first-order valence-corrected chi connectivity index (χ1v) is 6.01. The normalized spacial score (nSPS) is 16.9. The second-order valence-corrected chi connectivity index (χ2v) is 4.46. The monoisotopic (exact) mass is 221 g/mol. The highest BCUT2D eigenvalue weighted by Gasteiger charge is 2.25. The lowest BCUT2D eigenvalue weighted by Crippen LogP contribution is -2.28. The first kappa shape index (κ1) is 11.2. The van der Waals surface area contributed by atoms with Gasteiger partial charge in [0.2, 0.25) is 5.91 Å². The predicted molar refractivity (Wildman–Crippen MR) is 62.1 cm³/mol. The number of nitrogens with zero attached hydrogens (tertiary/aromatic N) is 2. The van der Waals surface area contributed by atoms with Crippen molar-refractivity contribution >= 4 is 5.91 Å². The molecule has 1 aromatic rings. The van der Waals surface area contributed by atoms with Crippen molar-refractivity contribution in [1.82, 2.24) is 9.55 Å². The van der Waals surface area contributed by atoms with E-state index in [9.17, 15) is 4.79 Å². The van der Waals surface area contributed by atoms with Crippen molar-refractivity contribution in [2.75, 3.05) is 0 Å². The highest BCUT2D eigenvalue weighted by atomic mass is 16.1. The second kappa shape index (κ2) is 4.28.